The number of aromatic nitrogens is 2. The lowest BCUT2D eigenvalue weighted by Gasteiger charge is -2.26. The monoisotopic (exact) mass is 513 g/mol. The molecule has 1 atom stereocenters. The van der Waals surface area contributed by atoms with E-state index in [1.54, 1.807) is 57.2 Å². The Hall–Kier alpha value is -3.43. The van der Waals surface area contributed by atoms with Crippen LogP contribution in [0.4, 0.5) is 16.4 Å². The molecule has 3 rings (SSSR count). The largest absolute Gasteiger partial charge is 0.444 e. The van der Waals surface area contributed by atoms with Crippen LogP contribution < -0.4 is 16.4 Å². The van der Waals surface area contributed by atoms with Gasteiger partial charge < -0.3 is 25.8 Å². The Labute approximate surface area is 215 Å². The summed E-state index contributed by atoms with van der Waals surface area (Å²) in [5.41, 5.74) is 7.13. The highest BCUT2D eigenvalue weighted by Crippen LogP contribution is 2.30. The Morgan fingerprint density at radius 1 is 1.03 bits per heavy atom. The summed E-state index contributed by atoms with van der Waals surface area (Å²) in [5.74, 6) is -0.340. The van der Waals surface area contributed by atoms with Gasteiger partial charge in [-0.1, -0.05) is 23.7 Å². The number of fused-ring (bicyclic) bond motifs is 1. The number of nitrogens with two attached hydrogens (primary N) is 1. The van der Waals surface area contributed by atoms with Crippen molar-refractivity contribution in [1.82, 2.24) is 15.3 Å². The molecule has 36 heavy (non-hydrogen) atoms. The van der Waals surface area contributed by atoms with Crippen LogP contribution in [0.5, 0.6) is 0 Å². The van der Waals surface area contributed by atoms with Crippen LogP contribution in [-0.4, -0.2) is 45.8 Å². The van der Waals surface area contributed by atoms with Crippen LogP contribution in [0.15, 0.2) is 42.5 Å². The van der Waals surface area contributed by atoms with E-state index in [2.05, 4.69) is 20.6 Å². The van der Waals surface area contributed by atoms with Gasteiger partial charge >= 0.3 is 6.09 Å². The van der Waals surface area contributed by atoms with Crippen LogP contribution in [0.1, 0.15) is 41.5 Å². The van der Waals surface area contributed by atoms with E-state index in [1.165, 1.54) is 0 Å². The fourth-order valence-electron chi connectivity index (χ4n) is 3.28. The summed E-state index contributed by atoms with van der Waals surface area (Å²) in [6.07, 6.45) is -0.714. The number of carbonyl (C=O) groups is 2. The Kier molecular flexibility index (Phi) is 8.05. The van der Waals surface area contributed by atoms with E-state index in [9.17, 15) is 9.59 Å². The first-order chi connectivity index (χ1) is 16.7. The Morgan fingerprint density at radius 2 is 1.75 bits per heavy atom. The minimum atomic E-state index is -0.989. The number of rotatable bonds is 6. The summed E-state index contributed by atoms with van der Waals surface area (Å²) in [5, 5.41) is 6.70. The first-order valence-electron chi connectivity index (χ1n) is 11.5. The number of ether oxygens (including phenoxy) is 2. The van der Waals surface area contributed by atoms with Gasteiger partial charge in [0.2, 0.25) is 11.9 Å². The molecule has 2 amide bonds. The molecule has 10 heteroatoms. The highest BCUT2D eigenvalue weighted by Gasteiger charge is 2.27. The second-order valence-corrected chi connectivity index (χ2v) is 10.7. The molecular formula is C26H32ClN5O4. The van der Waals surface area contributed by atoms with Gasteiger partial charge in [0.25, 0.3) is 0 Å². The van der Waals surface area contributed by atoms with E-state index in [-0.39, 0.29) is 12.6 Å². The van der Waals surface area contributed by atoms with Crippen LogP contribution in [0.25, 0.3) is 22.2 Å². The van der Waals surface area contributed by atoms with E-state index >= 15 is 0 Å². The average Bonchev–Trinajstić information content (AvgIpc) is 2.74. The molecule has 0 aliphatic heterocycles. The number of hydrogen-bond acceptors (Lipinski definition) is 7. The van der Waals surface area contributed by atoms with Crippen molar-refractivity contribution in [2.45, 2.75) is 58.8 Å². The topological polar surface area (TPSA) is 128 Å². The molecule has 3 aromatic rings. The van der Waals surface area contributed by atoms with Gasteiger partial charge in [-0.15, -0.1) is 0 Å². The van der Waals surface area contributed by atoms with Crippen LogP contribution >= 0.6 is 11.6 Å². The Balaban J connectivity index is 1.86. The van der Waals surface area contributed by atoms with Crippen LogP contribution in [0.3, 0.4) is 0 Å². The fraction of sp³-hybridized carbons (Fsp3) is 0.385. The highest BCUT2D eigenvalue weighted by atomic mass is 35.5. The number of amides is 2. The van der Waals surface area contributed by atoms with Gasteiger partial charge in [-0.2, -0.15) is 0 Å². The Morgan fingerprint density at radius 3 is 2.42 bits per heavy atom. The SMILES string of the molecule is CC(C)(C)OC[C@H](NC(=O)OC(C)(C)C)C(=O)Nc1cccc(-c2nc(N)nc3ccc(Cl)cc23)c1. The number of nitrogens with zero attached hydrogens (tertiary/aromatic N) is 2. The van der Waals surface area contributed by atoms with E-state index in [1.807, 2.05) is 26.8 Å². The van der Waals surface area contributed by atoms with E-state index < -0.39 is 29.2 Å². The number of anilines is 2. The number of alkyl carbamates (subject to hydrolysis) is 1. The molecule has 4 N–H and O–H groups in total. The summed E-state index contributed by atoms with van der Waals surface area (Å²) in [6, 6.07) is 11.4. The molecule has 0 aliphatic rings. The zero-order valence-corrected chi connectivity index (χ0v) is 22.1. The van der Waals surface area contributed by atoms with Crippen molar-refractivity contribution in [2.75, 3.05) is 17.7 Å². The van der Waals surface area contributed by atoms with Crippen molar-refractivity contribution >= 4 is 46.1 Å². The van der Waals surface area contributed by atoms with E-state index in [0.29, 0.717) is 27.5 Å². The summed E-state index contributed by atoms with van der Waals surface area (Å²) in [7, 11) is 0. The summed E-state index contributed by atoms with van der Waals surface area (Å²) in [6.45, 7) is 10.8. The van der Waals surface area contributed by atoms with Crippen LogP contribution in [-0.2, 0) is 14.3 Å². The number of hydrogen-bond donors (Lipinski definition) is 3. The molecule has 0 aliphatic carbocycles. The Bertz CT molecular complexity index is 1270. The minimum absolute atomic E-state index is 0.0418. The van der Waals surface area contributed by atoms with Crippen molar-refractivity contribution in [3.05, 3.63) is 47.5 Å². The van der Waals surface area contributed by atoms with Crippen LogP contribution in [0, 0.1) is 0 Å². The first-order valence-corrected chi connectivity index (χ1v) is 11.9. The van der Waals surface area contributed by atoms with E-state index in [0.717, 1.165) is 5.39 Å². The van der Waals surface area contributed by atoms with Gasteiger partial charge in [0, 0.05) is 21.7 Å². The number of benzene rings is 2. The summed E-state index contributed by atoms with van der Waals surface area (Å²) >= 11 is 6.20. The van der Waals surface area contributed by atoms with Gasteiger partial charge in [-0.3, -0.25) is 4.79 Å². The lowest BCUT2D eigenvalue weighted by atomic mass is 10.1. The predicted octanol–water partition coefficient (Wildman–Crippen LogP) is 5.18. The van der Waals surface area contributed by atoms with Gasteiger partial charge in [0.15, 0.2) is 0 Å². The smallest absolute Gasteiger partial charge is 0.408 e. The molecule has 0 saturated carbocycles. The van der Waals surface area contributed by atoms with Gasteiger partial charge in [-0.25, -0.2) is 14.8 Å². The second-order valence-electron chi connectivity index (χ2n) is 10.3. The summed E-state index contributed by atoms with van der Waals surface area (Å²) in [4.78, 5) is 34.2. The second kappa shape index (κ2) is 10.7. The maximum atomic E-state index is 13.2. The highest BCUT2D eigenvalue weighted by molar-refractivity contribution is 6.31. The molecule has 0 saturated heterocycles. The molecule has 9 nitrogen and oxygen atoms in total. The standard InChI is InChI=1S/C26H32ClN5O4/c1-25(2,3)35-14-20(31-24(34)36-26(4,5)6)22(33)29-17-9-7-8-15(12-17)21-18-13-16(27)10-11-19(18)30-23(28)32-21/h7-13,20H,14H2,1-6H3,(H,29,33)(H,31,34)(H2,28,30,32)/t20-/m0/s1. The van der Waals surface area contributed by atoms with Crippen molar-refractivity contribution in [3.8, 4) is 11.3 Å². The molecule has 0 bridgehead atoms. The first kappa shape index (κ1) is 27.2. The quantitative estimate of drug-likeness (QED) is 0.414. The average molecular weight is 514 g/mol. The lowest BCUT2D eigenvalue weighted by molar-refractivity contribution is -0.121. The summed E-state index contributed by atoms with van der Waals surface area (Å²) < 4.78 is 11.1. The molecule has 2 aromatic carbocycles. The van der Waals surface area contributed by atoms with E-state index in [4.69, 9.17) is 26.8 Å². The normalized spacial score (nSPS) is 12.8. The molecule has 1 aromatic heterocycles. The third-order valence-electron chi connectivity index (χ3n) is 4.77. The van der Waals surface area contributed by atoms with Crippen molar-refractivity contribution < 1.29 is 19.1 Å². The van der Waals surface area contributed by atoms with Crippen LogP contribution in [0.2, 0.25) is 5.02 Å². The molecular weight excluding hydrogens is 482 g/mol. The predicted molar refractivity (Wildman–Crippen MR) is 142 cm³/mol. The maximum Gasteiger partial charge on any atom is 0.408 e. The van der Waals surface area contributed by atoms with Gasteiger partial charge in [-0.05, 0) is 71.9 Å². The minimum Gasteiger partial charge on any atom is -0.444 e. The van der Waals surface area contributed by atoms with Gasteiger partial charge in [0.05, 0.1) is 23.4 Å². The molecule has 0 radical (unpaired) electrons. The number of nitrogen functional groups attached to an aromatic ring is 1. The molecule has 1 heterocycles. The maximum absolute atomic E-state index is 13.2. The number of carbonyl (C=O) groups excluding carboxylic acids is 2. The lowest BCUT2D eigenvalue weighted by Crippen LogP contribution is -2.49. The number of halogens is 1. The van der Waals surface area contributed by atoms with Crippen molar-refractivity contribution in [2.24, 2.45) is 0 Å². The fourth-order valence-corrected chi connectivity index (χ4v) is 3.45. The molecule has 0 fully saturated rings. The zero-order valence-electron chi connectivity index (χ0n) is 21.3. The van der Waals surface area contributed by atoms with Crippen molar-refractivity contribution in [3.63, 3.8) is 0 Å². The zero-order chi connectivity index (χ0) is 26.7. The molecule has 0 spiro atoms. The molecule has 192 valence electrons. The molecule has 0 unspecified atom stereocenters. The van der Waals surface area contributed by atoms with Gasteiger partial charge in [0.1, 0.15) is 11.6 Å². The number of nitrogens with one attached hydrogen (secondary N) is 2. The third kappa shape index (κ3) is 7.79. The third-order valence-corrected chi connectivity index (χ3v) is 5.00. The van der Waals surface area contributed by atoms with Crippen molar-refractivity contribution in [1.29, 1.82) is 0 Å².